The van der Waals surface area contributed by atoms with Crippen LogP contribution in [-0.4, -0.2) is 47.9 Å². The number of halogens is 1. The molecule has 0 fully saturated rings. The predicted molar refractivity (Wildman–Crippen MR) is 84.8 cm³/mol. The van der Waals surface area contributed by atoms with Crippen LogP contribution in [0.5, 0.6) is 0 Å². The lowest BCUT2D eigenvalue weighted by atomic mass is 10.1. The molecule has 1 aromatic carbocycles. The van der Waals surface area contributed by atoms with Crippen LogP contribution in [-0.2, 0) is 30.4 Å². The summed E-state index contributed by atoms with van der Waals surface area (Å²) in [5, 5.41) is 0. The Labute approximate surface area is 140 Å². The molecule has 0 N–H and O–H groups in total. The lowest BCUT2D eigenvalue weighted by molar-refractivity contribution is -0.167. The third-order valence-electron chi connectivity index (χ3n) is 2.96. The van der Waals surface area contributed by atoms with Gasteiger partial charge in [-0.3, -0.25) is 4.79 Å². The molecule has 0 heterocycles. The Morgan fingerprint density at radius 1 is 1.04 bits per heavy atom. The molecule has 0 aliphatic heterocycles. The van der Waals surface area contributed by atoms with Crippen molar-refractivity contribution in [2.24, 2.45) is 0 Å². The number of alkyl halides is 1. The molecule has 1 rings (SSSR count). The first-order valence-electron chi connectivity index (χ1n) is 7.27. The van der Waals surface area contributed by atoms with E-state index in [0.29, 0.717) is 0 Å². The van der Waals surface area contributed by atoms with E-state index >= 15 is 0 Å². The van der Waals surface area contributed by atoms with Crippen molar-refractivity contribution in [3.8, 4) is 0 Å². The third kappa shape index (κ3) is 5.56. The number of esters is 2. The van der Waals surface area contributed by atoms with Gasteiger partial charge >= 0.3 is 11.9 Å². The molecule has 0 atom stereocenters. The predicted octanol–water partition coefficient (Wildman–Crippen LogP) is 1.75. The molecule has 0 spiro atoms. The van der Waals surface area contributed by atoms with Gasteiger partial charge in [0.15, 0.2) is 0 Å². The van der Waals surface area contributed by atoms with Crippen LogP contribution >= 0.6 is 11.6 Å². The largest absolute Gasteiger partial charge is 0.464 e. The number of carbonyl (C=O) groups is 3. The molecule has 126 valence electrons. The highest BCUT2D eigenvalue weighted by molar-refractivity contribution is 6.27. The molecule has 0 bridgehead atoms. The second-order valence-corrected chi connectivity index (χ2v) is 4.81. The molecule has 1 amide bonds. The van der Waals surface area contributed by atoms with Crippen molar-refractivity contribution in [3.05, 3.63) is 35.9 Å². The zero-order valence-corrected chi connectivity index (χ0v) is 13.9. The van der Waals surface area contributed by atoms with E-state index in [1.54, 1.807) is 38.1 Å². The Hall–Kier alpha value is -2.08. The Morgan fingerprint density at radius 2 is 1.57 bits per heavy atom. The van der Waals surface area contributed by atoms with Crippen molar-refractivity contribution in [2.45, 2.75) is 26.4 Å². The summed E-state index contributed by atoms with van der Waals surface area (Å²) in [6.07, 6.45) is 0. The highest BCUT2D eigenvalue weighted by Gasteiger charge is 2.38. The normalized spacial score (nSPS) is 10.3. The van der Waals surface area contributed by atoms with Crippen LogP contribution < -0.4 is 0 Å². The number of nitrogens with zero attached hydrogens (tertiary/aromatic N) is 1. The monoisotopic (exact) mass is 341 g/mol. The molecule has 0 unspecified atom stereocenters. The highest BCUT2D eigenvalue weighted by atomic mass is 35.5. The SMILES string of the molecule is CCOC(=O)C(C(=O)OCC)N(Cc1ccccc1)C(=O)CCl. The minimum absolute atomic E-state index is 0.0503. The minimum Gasteiger partial charge on any atom is -0.464 e. The molecule has 0 aliphatic rings. The molecule has 1 aromatic rings. The van der Waals surface area contributed by atoms with Gasteiger partial charge in [-0.05, 0) is 19.4 Å². The zero-order chi connectivity index (χ0) is 17.2. The second-order valence-electron chi connectivity index (χ2n) is 4.55. The van der Waals surface area contributed by atoms with Gasteiger partial charge in [0.2, 0.25) is 11.9 Å². The van der Waals surface area contributed by atoms with Crippen LogP contribution in [0.2, 0.25) is 0 Å². The number of rotatable bonds is 8. The number of hydrogen-bond acceptors (Lipinski definition) is 5. The minimum atomic E-state index is -1.47. The van der Waals surface area contributed by atoms with Gasteiger partial charge in [0, 0.05) is 6.54 Å². The van der Waals surface area contributed by atoms with Gasteiger partial charge in [-0.2, -0.15) is 0 Å². The number of ether oxygens (including phenoxy) is 2. The zero-order valence-electron chi connectivity index (χ0n) is 13.2. The van der Waals surface area contributed by atoms with Crippen LogP contribution in [0.25, 0.3) is 0 Å². The smallest absolute Gasteiger partial charge is 0.340 e. The molecular weight excluding hydrogens is 322 g/mol. The maximum absolute atomic E-state index is 12.2. The Morgan fingerprint density at radius 3 is 2.00 bits per heavy atom. The first-order valence-corrected chi connectivity index (χ1v) is 7.81. The summed E-state index contributed by atoms with van der Waals surface area (Å²) >= 11 is 5.63. The lowest BCUT2D eigenvalue weighted by Gasteiger charge is -2.28. The summed E-state index contributed by atoms with van der Waals surface area (Å²) in [5.41, 5.74) is 0.754. The number of amides is 1. The number of carbonyl (C=O) groups excluding carboxylic acids is 3. The van der Waals surface area contributed by atoms with Gasteiger partial charge in [-0.25, -0.2) is 9.59 Å². The molecule has 23 heavy (non-hydrogen) atoms. The van der Waals surface area contributed by atoms with Crippen molar-refractivity contribution in [3.63, 3.8) is 0 Å². The maximum atomic E-state index is 12.2. The van der Waals surface area contributed by atoms with Gasteiger partial charge in [0.05, 0.1) is 13.2 Å². The molecule has 0 radical (unpaired) electrons. The molecule has 0 saturated heterocycles. The Kier molecular flexibility index (Phi) is 8.11. The van der Waals surface area contributed by atoms with Crippen LogP contribution in [0.15, 0.2) is 30.3 Å². The standard InChI is InChI=1S/C16H20ClNO5/c1-3-22-15(20)14(16(21)23-4-2)18(13(19)10-17)11-12-8-6-5-7-9-12/h5-9,14H,3-4,10-11H2,1-2H3. The van der Waals surface area contributed by atoms with Crippen molar-refractivity contribution in [1.29, 1.82) is 0 Å². The van der Waals surface area contributed by atoms with Crippen LogP contribution in [0, 0.1) is 0 Å². The van der Waals surface area contributed by atoms with Gasteiger partial charge in [-0.15, -0.1) is 11.6 Å². The summed E-state index contributed by atoms with van der Waals surface area (Å²) in [4.78, 5) is 37.5. The van der Waals surface area contributed by atoms with Crippen molar-refractivity contribution >= 4 is 29.4 Å². The number of hydrogen-bond donors (Lipinski definition) is 0. The number of benzene rings is 1. The topological polar surface area (TPSA) is 72.9 Å². The summed E-state index contributed by atoms with van der Waals surface area (Å²) in [6, 6.07) is 7.50. The lowest BCUT2D eigenvalue weighted by Crippen LogP contribution is -2.51. The van der Waals surface area contributed by atoms with Crippen molar-refractivity contribution in [1.82, 2.24) is 4.90 Å². The van der Waals surface area contributed by atoms with E-state index in [0.717, 1.165) is 10.5 Å². The highest BCUT2D eigenvalue weighted by Crippen LogP contribution is 2.13. The van der Waals surface area contributed by atoms with E-state index in [4.69, 9.17) is 21.1 Å². The van der Waals surface area contributed by atoms with Crippen LogP contribution in [0.3, 0.4) is 0 Å². The fourth-order valence-electron chi connectivity index (χ4n) is 1.97. The fourth-order valence-corrected chi connectivity index (χ4v) is 2.13. The average Bonchev–Trinajstić information content (AvgIpc) is 2.55. The van der Waals surface area contributed by atoms with E-state index in [-0.39, 0.29) is 25.6 Å². The van der Waals surface area contributed by atoms with Crippen LogP contribution in [0.1, 0.15) is 19.4 Å². The fraction of sp³-hybridized carbons (Fsp3) is 0.438. The molecule has 0 saturated carbocycles. The average molecular weight is 342 g/mol. The second kappa shape index (κ2) is 9.84. The molecule has 6 nitrogen and oxygen atoms in total. The first-order chi connectivity index (χ1) is 11.0. The van der Waals surface area contributed by atoms with Gasteiger partial charge in [0.1, 0.15) is 5.88 Å². The van der Waals surface area contributed by atoms with Gasteiger partial charge < -0.3 is 14.4 Å². The van der Waals surface area contributed by atoms with E-state index in [1.807, 2.05) is 6.07 Å². The molecule has 0 aliphatic carbocycles. The van der Waals surface area contributed by atoms with Crippen LogP contribution in [0.4, 0.5) is 0 Å². The quantitative estimate of drug-likeness (QED) is 0.409. The van der Waals surface area contributed by atoms with Gasteiger partial charge in [-0.1, -0.05) is 30.3 Å². The Bertz CT molecular complexity index is 517. The van der Waals surface area contributed by atoms with E-state index in [9.17, 15) is 14.4 Å². The Balaban J connectivity index is 3.12. The molecule has 7 heteroatoms. The summed E-state index contributed by atoms with van der Waals surface area (Å²) < 4.78 is 9.82. The van der Waals surface area contributed by atoms with Crippen molar-refractivity contribution in [2.75, 3.05) is 19.1 Å². The first kappa shape index (κ1) is 19.0. The maximum Gasteiger partial charge on any atom is 0.340 e. The van der Waals surface area contributed by atoms with Gasteiger partial charge in [0.25, 0.3) is 0 Å². The van der Waals surface area contributed by atoms with Crippen molar-refractivity contribution < 1.29 is 23.9 Å². The van der Waals surface area contributed by atoms with E-state index in [1.165, 1.54) is 0 Å². The summed E-state index contributed by atoms with van der Waals surface area (Å²) in [7, 11) is 0. The molecular formula is C16H20ClNO5. The third-order valence-corrected chi connectivity index (χ3v) is 3.19. The van der Waals surface area contributed by atoms with E-state index in [2.05, 4.69) is 0 Å². The summed E-state index contributed by atoms with van der Waals surface area (Å²) in [6.45, 7) is 3.46. The van der Waals surface area contributed by atoms with E-state index < -0.39 is 23.9 Å². The molecule has 0 aromatic heterocycles. The summed E-state index contributed by atoms with van der Waals surface area (Å²) in [5.74, 6) is -2.58.